The normalized spacial score (nSPS) is 23.7. The number of rotatable bonds is 4. The van der Waals surface area contributed by atoms with Gasteiger partial charge in [0.1, 0.15) is 0 Å². The molecule has 0 aliphatic carbocycles. The number of hydrogen-bond donors (Lipinski definition) is 1. The van der Waals surface area contributed by atoms with E-state index in [1.54, 1.807) is 6.33 Å². The zero-order valence-corrected chi connectivity index (χ0v) is 10.2. The van der Waals surface area contributed by atoms with Gasteiger partial charge >= 0.3 is 0 Å². The Morgan fingerprint density at radius 1 is 1.62 bits per heavy atom. The van der Waals surface area contributed by atoms with Crippen molar-refractivity contribution in [3.8, 4) is 0 Å². The highest BCUT2D eigenvalue weighted by Gasteiger charge is 2.27. The molecule has 1 aromatic heterocycles. The van der Waals surface area contributed by atoms with Gasteiger partial charge in [0.25, 0.3) is 0 Å². The molecule has 5 nitrogen and oxygen atoms in total. The van der Waals surface area contributed by atoms with Crippen LogP contribution in [0, 0.1) is 5.92 Å². The van der Waals surface area contributed by atoms with E-state index in [0.717, 1.165) is 25.2 Å². The summed E-state index contributed by atoms with van der Waals surface area (Å²) >= 11 is 0. The predicted octanol–water partition coefficient (Wildman–Crippen LogP) is -0.0556. The number of hydrogen-bond acceptors (Lipinski definition) is 4. The summed E-state index contributed by atoms with van der Waals surface area (Å²) in [5.41, 5.74) is 1.11. The van der Waals surface area contributed by atoms with Crippen LogP contribution in [0.1, 0.15) is 12.1 Å². The molecular weight excluding hydrogens is 226 g/mol. The number of imidazole rings is 1. The first-order chi connectivity index (χ1) is 7.57. The molecule has 1 aliphatic rings. The van der Waals surface area contributed by atoms with Gasteiger partial charge in [-0.15, -0.1) is 0 Å². The van der Waals surface area contributed by atoms with Gasteiger partial charge in [-0.2, -0.15) is 0 Å². The van der Waals surface area contributed by atoms with Gasteiger partial charge in [-0.25, -0.2) is 13.4 Å². The molecule has 1 saturated heterocycles. The second-order valence-electron chi connectivity index (χ2n) is 4.40. The van der Waals surface area contributed by atoms with Crippen molar-refractivity contribution in [2.24, 2.45) is 13.0 Å². The van der Waals surface area contributed by atoms with E-state index in [-0.39, 0.29) is 5.92 Å². The van der Waals surface area contributed by atoms with Crippen LogP contribution in [0.3, 0.4) is 0 Å². The molecule has 0 aromatic carbocycles. The van der Waals surface area contributed by atoms with Crippen molar-refractivity contribution >= 4 is 9.84 Å². The highest BCUT2D eigenvalue weighted by molar-refractivity contribution is 7.91. The molecule has 16 heavy (non-hydrogen) atoms. The molecule has 2 rings (SSSR count). The molecule has 90 valence electrons. The monoisotopic (exact) mass is 243 g/mol. The van der Waals surface area contributed by atoms with Crippen LogP contribution in [0.15, 0.2) is 12.5 Å². The van der Waals surface area contributed by atoms with Crippen LogP contribution in [0.2, 0.25) is 0 Å². The first-order valence-electron chi connectivity index (χ1n) is 5.43. The van der Waals surface area contributed by atoms with E-state index >= 15 is 0 Å². The minimum Gasteiger partial charge on any atom is -0.337 e. The Morgan fingerprint density at radius 2 is 2.44 bits per heavy atom. The number of aryl methyl sites for hydroxylation is 1. The molecule has 1 unspecified atom stereocenters. The van der Waals surface area contributed by atoms with Crippen LogP contribution in [-0.4, -0.2) is 36.0 Å². The maximum Gasteiger partial charge on any atom is 0.150 e. The van der Waals surface area contributed by atoms with Gasteiger partial charge in [-0.1, -0.05) is 0 Å². The molecule has 1 N–H and O–H groups in total. The van der Waals surface area contributed by atoms with E-state index in [4.69, 9.17) is 0 Å². The number of aromatic nitrogens is 2. The van der Waals surface area contributed by atoms with E-state index in [1.807, 2.05) is 17.8 Å². The summed E-state index contributed by atoms with van der Waals surface area (Å²) in [5.74, 6) is 0.967. The van der Waals surface area contributed by atoms with E-state index < -0.39 is 9.84 Å². The highest BCUT2D eigenvalue weighted by Crippen LogP contribution is 2.17. The van der Waals surface area contributed by atoms with Crippen molar-refractivity contribution in [1.82, 2.24) is 14.9 Å². The van der Waals surface area contributed by atoms with Gasteiger partial charge in [-0.3, -0.25) is 0 Å². The van der Waals surface area contributed by atoms with Crippen LogP contribution in [0.25, 0.3) is 0 Å². The average molecular weight is 243 g/mol. The van der Waals surface area contributed by atoms with Crippen LogP contribution in [0.5, 0.6) is 0 Å². The van der Waals surface area contributed by atoms with Crippen molar-refractivity contribution in [1.29, 1.82) is 0 Å². The van der Waals surface area contributed by atoms with Crippen molar-refractivity contribution in [2.75, 3.05) is 18.1 Å². The highest BCUT2D eigenvalue weighted by atomic mass is 32.2. The number of nitrogens with one attached hydrogen (secondary N) is 1. The minimum atomic E-state index is -2.75. The lowest BCUT2D eigenvalue weighted by molar-refractivity contribution is 0.514. The topological polar surface area (TPSA) is 64.0 Å². The van der Waals surface area contributed by atoms with Gasteiger partial charge in [-0.05, 0) is 18.9 Å². The first kappa shape index (κ1) is 11.6. The van der Waals surface area contributed by atoms with Gasteiger partial charge in [0.15, 0.2) is 9.84 Å². The summed E-state index contributed by atoms with van der Waals surface area (Å²) in [6.45, 7) is 1.51. The van der Waals surface area contributed by atoms with Gasteiger partial charge in [0.2, 0.25) is 0 Å². The smallest absolute Gasteiger partial charge is 0.150 e. The van der Waals surface area contributed by atoms with Crippen LogP contribution in [0.4, 0.5) is 0 Å². The van der Waals surface area contributed by atoms with Gasteiger partial charge < -0.3 is 9.88 Å². The lowest BCUT2D eigenvalue weighted by Crippen LogP contribution is -2.24. The molecule has 0 amide bonds. The summed E-state index contributed by atoms with van der Waals surface area (Å²) in [6.07, 6.45) is 4.37. The fourth-order valence-electron chi connectivity index (χ4n) is 1.99. The Labute approximate surface area is 95.8 Å². The fourth-order valence-corrected chi connectivity index (χ4v) is 3.85. The second kappa shape index (κ2) is 4.55. The molecule has 0 radical (unpaired) electrons. The summed E-state index contributed by atoms with van der Waals surface area (Å²) in [6, 6.07) is 0. The Hall–Kier alpha value is -0.880. The molecule has 6 heteroatoms. The Bertz CT molecular complexity index is 452. The molecule has 2 heterocycles. The molecule has 1 aromatic rings. The Morgan fingerprint density at radius 3 is 3.00 bits per heavy atom. The molecule has 0 spiro atoms. The third kappa shape index (κ3) is 2.82. The molecule has 0 saturated carbocycles. The molecule has 1 aliphatic heterocycles. The molecule has 1 atom stereocenters. The van der Waals surface area contributed by atoms with Gasteiger partial charge in [0, 0.05) is 19.8 Å². The second-order valence-corrected chi connectivity index (χ2v) is 6.62. The maximum absolute atomic E-state index is 11.2. The summed E-state index contributed by atoms with van der Waals surface area (Å²) in [7, 11) is -0.797. The predicted molar refractivity (Wildman–Crippen MR) is 61.7 cm³/mol. The Kier molecular flexibility index (Phi) is 3.30. The summed E-state index contributed by atoms with van der Waals surface area (Å²) < 4.78 is 24.4. The van der Waals surface area contributed by atoms with Crippen molar-refractivity contribution in [3.05, 3.63) is 18.2 Å². The zero-order valence-electron chi connectivity index (χ0n) is 9.39. The van der Waals surface area contributed by atoms with E-state index in [1.165, 1.54) is 0 Å². The quantitative estimate of drug-likeness (QED) is 0.805. The van der Waals surface area contributed by atoms with Crippen LogP contribution in [-0.2, 0) is 23.4 Å². The van der Waals surface area contributed by atoms with E-state index in [9.17, 15) is 8.42 Å². The van der Waals surface area contributed by atoms with E-state index in [2.05, 4.69) is 10.3 Å². The van der Waals surface area contributed by atoms with Crippen LogP contribution < -0.4 is 5.32 Å². The molecule has 1 fully saturated rings. The third-order valence-corrected chi connectivity index (χ3v) is 4.82. The van der Waals surface area contributed by atoms with Crippen molar-refractivity contribution in [2.45, 2.75) is 13.0 Å². The summed E-state index contributed by atoms with van der Waals surface area (Å²) in [4.78, 5) is 4.02. The largest absolute Gasteiger partial charge is 0.337 e. The minimum absolute atomic E-state index is 0.276. The van der Waals surface area contributed by atoms with Gasteiger partial charge in [0.05, 0.1) is 23.5 Å². The van der Waals surface area contributed by atoms with E-state index in [0.29, 0.717) is 11.5 Å². The zero-order chi connectivity index (χ0) is 11.6. The van der Waals surface area contributed by atoms with Crippen molar-refractivity contribution in [3.63, 3.8) is 0 Å². The molecular formula is C10H17N3O2S. The van der Waals surface area contributed by atoms with Crippen molar-refractivity contribution < 1.29 is 8.42 Å². The molecule has 0 bridgehead atoms. The number of nitrogens with zero attached hydrogens (tertiary/aromatic N) is 2. The summed E-state index contributed by atoms with van der Waals surface area (Å²) in [5, 5.41) is 3.28. The standard InChI is InChI=1S/C10H17N3O2S/c1-13-8-12-6-10(13)5-11-4-9-2-3-16(14,15)7-9/h6,8-9,11H,2-5,7H2,1H3. The lowest BCUT2D eigenvalue weighted by Gasteiger charge is -2.09. The third-order valence-electron chi connectivity index (χ3n) is 2.98. The SMILES string of the molecule is Cn1cncc1CNCC1CCS(=O)(=O)C1. The maximum atomic E-state index is 11.2. The lowest BCUT2D eigenvalue weighted by atomic mass is 10.1. The average Bonchev–Trinajstić information content (AvgIpc) is 2.74. The fraction of sp³-hybridized carbons (Fsp3) is 0.700. The van der Waals surface area contributed by atoms with Crippen LogP contribution >= 0.6 is 0 Å². The Balaban J connectivity index is 1.75. The number of sulfone groups is 1. The first-order valence-corrected chi connectivity index (χ1v) is 7.25.